The summed E-state index contributed by atoms with van der Waals surface area (Å²) in [6, 6.07) is 9.35. The Bertz CT molecular complexity index is 1310. The Balaban J connectivity index is 1.21. The zero-order valence-electron chi connectivity index (χ0n) is 20.8. The molecule has 0 unspecified atom stereocenters. The Morgan fingerprint density at radius 1 is 1.24 bits per heavy atom. The number of ether oxygens (including phenoxy) is 1. The number of aliphatic hydroxyl groups is 1. The number of alkyl halides is 1. The maximum absolute atomic E-state index is 14.6. The minimum atomic E-state index is -1.33. The predicted molar refractivity (Wildman–Crippen MR) is 135 cm³/mol. The second kappa shape index (κ2) is 10.3. The van der Waals surface area contributed by atoms with Crippen LogP contribution in [0.3, 0.4) is 0 Å². The van der Waals surface area contributed by atoms with E-state index in [0.717, 1.165) is 28.7 Å². The molecule has 1 aliphatic heterocycles. The lowest BCUT2D eigenvalue weighted by molar-refractivity contribution is -0.138. The number of nitrogens with zero attached hydrogens (tertiary/aromatic N) is 4. The summed E-state index contributed by atoms with van der Waals surface area (Å²) in [5, 5.41) is 16.1. The van der Waals surface area contributed by atoms with Crippen LogP contribution in [0.25, 0.3) is 11.1 Å². The van der Waals surface area contributed by atoms with Crippen LogP contribution in [0, 0.1) is 12.8 Å². The van der Waals surface area contributed by atoms with Gasteiger partial charge in [-0.15, -0.1) is 0 Å². The van der Waals surface area contributed by atoms with Crippen molar-refractivity contribution in [1.29, 1.82) is 0 Å². The molecule has 0 bridgehead atoms. The number of nitrogens with one attached hydrogen (secondary N) is 1. The molecule has 0 radical (unpaired) electrons. The van der Waals surface area contributed by atoms with Crippen molar-refractivity contribution < 1.29 is 23.8 Å². The van der Waals surface area contributed by atoms with Gasteiger partial charge in [-0.2, -0.15) is 5.10 Å². The van der Waals surface area contributed by atoms with Crippen molar-refractivity contribution in [1.82, 2.24) is 19.7 Å². The fourth-order valence-electron chi connectivity index (χ4n) is 4.85. The lowest BCUT2D eigenvalue weighted by atomic mass is 10.0. The lowest BCUT2D eigenvalue weighted by Crippen LogP contribution is -2.50. The van der Waals surface area contributed by atoms with Crippen molar-refractivity contribution in [3.63, 3.8) is 0 Å². The summed E-state index contributed by atoms with van der Waals surface area (Å²) < 4.78 is 22.3. The molecular weight excluding hydrogens is 477 g/mol. The molecule has 0 spiro atoms. The van der Waals surface area contributed by atoms with E-state index < -0.39 is 24.8 Å². The van der Waals surface area contributed by atoms with E-state index >= 15 is 0 Å². The number of hydrogen-bond acceptors (Lipinski definition) is 6. The van der Waals surface area contributed by atoms with Crippen LogP contribution in [0.5, 0.6) is 5.75 Å². The molecule has 2 N–H and O–H groups in total. The van der Waals surface area contributed by atoms with Crippen LogP contribution in [0.4, 0.5) is 10.2 Å². The molecule has 1 saturated heterocycles. The SMILES string of the molecule is Cc1cc(-c2ccnc(NC(=O)[C@H]3C[C@@H]3c3cnn(C)c3)c2)ccc1O[C@H]1CCN(C(=O)CO)C[C@H]1F. The van der Waals surface area contributed by atoms with Gasteiger partial charge in [0.15, 0.2) is 6.17 Å². The van der Waals surface area contributed by atoms with Crippen LogP contribution < -0.4 is 10.1 Å². The quantitative estimate of drug-likeness (QED) is 0.509. The Kier molecular flexibility index (Phi) is 6.92. The number of aryl methyl sites for hydroxylation is 2. The van der Waals surface area contributed by atoms with Crippen molar-refractivity contribution in [2.24, 2.45) is 13.0 Å². The number of benzene rings is 1. The third kappa shape index (κ3) is 5.48. The smallest absolute Gasteiger partial charge is 0.248 e. The molecule has 4 atom stereocenters. The van der Waals surface area contributed by atoms with E-state index in [1.54, 1.807) is 17.1 Å². The molecule has 3 heterocycles. The normalized spacial score (nSPS) is 23.0. The molecule has 2 fully saturated rings. The zero-order valence-corrected chi connectivity index (χ0v) is 20.8. The van der Waals surface area contributed by atoms with Crippen molar-refractivity contribution in [2.75, 3.05) is 25.0 Å². The van der Waals surface area contributed by atoms with Crippen LogP contribution in [-0.2, 0) is 16.6 Å². The Morgan fingerprint density at radius 3 is 2.76 bits per heavy atom. The van der Waals surface area contributed by atoms with E-state index in [9.17, 15) is 14.0 Å². The lowest BCUT2D eigenvalue weighted by Gasteiger charge is -2.34. The van der Waals surface area contributed by atoms with Gasteiger partial charge in [-0.1, -0.05) is 6.07 Å². The Hall–Kier alpha value is -3.79. The summed E-state index contributed by atoms with van der Waals surface area (Å²) in [5.74, 6) is 0.656. The molecule has 1 saturated carbocycles. The zero-order chi connectivity index (χ0) is 26.1. The molecule has 1 aromatic carbocycles. The molecule has 5 rings (SSSR count). The highest BCUT2D eigenvalue weighted by Crippen LogP contribution is 2.47. The molecule has 1 aliphatic carbocycles. The Labute approximate surface area is 214 Å². The first-order valence-corrected chi connectivity index (χ1v) is 12.4. The van der Waals surface area contributed by atoms with Gasteiger partial charge in [0.2, 0.25) is 11.8 Å². The molecule has 10 heteroatoms. The fraction of sp³-hybridized carbons (Fsp3) is 0.407. The van der Waals surface area contributed by atoms with Gasteiger partial charge in [-0.05, 0) is 65.8 Å². The molecule has 3 aromatic rings. The molecular formula is C27H30FN5O4. The van der Waals surface area contributed by atoms with Crippen LogP contribution in [-0.4, -0.2) is 68.6 Å². The number of halogens is 1. The van der Waals surface area contributed by atoms with Gasteiger partial charge in [-0.25, -0.2) is 9.37 Å². The van der Waals surface area contributed by atoms with Crippen LogP contribution in [0.2, 0.25) is 0 Å². The summed E-state index contributed by atoms with van der Waals surface area (Å²) in [4.78, 5) is 30.0. The van der Waals surface area contributed by atoms with E-state index in [-0.39, 0.29) is 24.3 Å². The first kappa shape index (κ1) is 24.9. The average Bonchev–Trinajstić information content (AvgIpc) is 3.59. The van der Waals surface area contributed by atoms with E-state index in [1.807, 2.05) is 50.5 Å². The van der Waals surface area contributed by atoms with Crippen molar-refractivity contribution >= 4 is 17.6 Å². The molecule has 9 nitrogen and oxygen atoms in total. The number of rotatable bonds is 7. The maximum Gasteiger partial charge on any atom is 0.248 e. The van der Waals surface area contributed by atoms with Crippen molar-refractivity contribution in [2.45, 2.75) is 38.0 Å². The van der Waals surface area contributed by atoms with Crippen molar-refractivity contribution in [3.8, 4) is 16.9 Å². The minimum absolute atomic E-state index is 0.0501. The summed E-state index contributed by atoms with van der Waals surface area (Å²) in [6.07, 6.45) is 4.57. The number of anilines is 1. The van der Waals surface area contributed by atoms with Gasteiger partial charge in [0, 0.05) is 38.3 Å². The summed E-state index contributed by atoms with van der Waals surface area (Å²) in [5.41, 5.74) is 3.73. The van der Waals surface area contributed by atoms with Gasteiger partial charge in [0.1, 0.15) is 24.3 Å². The van der Waals surface area contributed by atoms with Gasteiger partial charge in [0.05, 0.1) is 12.7 Å². The van der Waals surface area contributed by atoms with Gasteiger partial charge in [0.25, 0.3) is 0 Å². The van der Waals surface area contributed by atoms with E-state index in [2.05, 4.69) is 15.4 Å². The summed E-state index contributed by atoms with van der Waals surface area (Å²) in [7, 11) is 1.86. The highest BCUT2D eigenvalue weighted by molar-refractivity contribution is 5.95. The monoisotopic (exact) mass is 507 g/mol. The van der Waals surface area contributed by atoms with E-state index in [4.69, 9.17) is 9.84 Å². The largest absolute Gasteiger partial charge is 0.487 e. The number of amides is 2. The fourth-order valence-corrected chi connectivity index (χ4v) is 4.85. The molecule has 2 aromatic heterocycles. The predicted octanol–water partition coefficient (Wildman–Crippen LogP) is 2.84. The van der Waals surface area contributed by atoms with Gasteiger partial charge in [-0.3, -0.25) is 14.3 Å². The standard InChI is InChI=1S/C27H30FN5O4/c1-16-9-17(3-4-23(16)37-24-6-8-33(14-22(24)28)26(35)15-34)18-5-7-29-25(10-18)31-27(36)21-11-20(21)19-12-30-32(2)13-19/h3-5,7,9-10,12-13,20-22,24,34H,6,8,11,14-15H2,1-2H3,(H,29,31,36)/t20-,21+,22-,24+/m1/s1. The molecule has 194 valence electrons. The van der Waals surface area contributed by atoms with Gasteiger partial charge < -0.3 is 20.1 Å². The number of likely N-dealkylation sites (tertiary alicyclic amines) is 1. The van der Waals surface area contributed by atoms with Crippen LogP contribution >= 0.6 is 0 Å². The maximum atomic E-state index is 14.6. The topological polar surface area (TPSA) is 110 Å². The molecule has 2 amide bonds. The first-order chi connectivity index (χ1) is 17.8. The molecule has 37 heavy (non-hydrogen) atoms. The second-order valence-electron chi connectivity index (χ2n) is 9.75. The first-order valence-electron chi connectivity index (χ1n) is 12.4. The molecule has 2 aliphatic rings. The second-order valence-corrected chi connectivity index (χ2v) is 9.75. The third-order valence-corrected chi connectivity index (χ3v) is 7.05. The highest BCUT2D eigenvalue weighted by Gasteiger charge is 2.44. The Morgan fingerprint density at radius 2 is 2.05 bits per heavy atom. The number of hydrogen-bond donors (Lipinski definition) is 2. The van der Waals surface area contributed by atoms with E-state index in [0.29, 0.717) is 24.5 Å². The number of carbonyl (C=O) groups excluding carboxylic acids is 2. The highest BCUT2D eigenvalue weighted by atomic mass is 19.1. The number of aromatic nitrogens is 3. The number of piperidine rings is 1. The van der Waals surface area contributed by atoms with E-state index in [1.165, 1.54) is 4.90 Å². The average molecular weight is 508 g/mol. The van der Waals surface area contributed by atoms with Crippen LogP contribution in [0.1, 0.15) is 29.9 Å². The van der Waals surface area contributed by atoms with Crippen LogP contribution in [0.15, 0.2) is 48.9 Å². The van der Waals surface area contributed by atoms with Crippen molar-refractivity contribution in [3.05, 3.63) is 60.0 Å². The minimum Gasteiger partial charge on any atom is -0.487 e. The number of pyridine rings is 1. The third-order valence-electron chi connectivity index (χ3n) is 7.05. The summed E-state index contributed by atoms with van der Waals surface area (Å²) in [6.45, 7) is 1.53. The number of aliphatic hydroxyl groups excluding tert-OH is 1. The van der Waals surface area contributed by atoms with Gasteiger partial charge >= 0.3 is 0 Å². The summed E-state index contributed by atoms with van der Waals surface area (Å²) >= 11 is 0. The number of carbonyl (C=O) groups is 2.